The maximum absolute atomic E-state index is 5.69. The maximum Gasteiger partial charge on any atom is 0.0419 e. The summed E-state index contributed by atoms with van der Waals surface area (Å²) in [6.45, 7) is 2.85. The number of nitrogens with two attached hydrogens (primary N) is 1. The number of aromatic nitrogens is 1. The lowest BCUT2D eigenvalue weighted by atomic mass is 10.1. The van der Waals surface area contributed by atoms with Crippen LogP contribution in [0.1, 0.15) is 18.4 Å². The van der Waals surface area contributed by atoms with Crippen LogP contribution in [0.4, 0.5) is 5.69 Å². The molecule has 88 valence electrons. The zero-order valence-electron chi connectivity index (χ0n) is 9.82. The highest BCUT2D eigenvalue weighted by atomic mass is 15.1. The van der Waals surface area contributed by atoms with E-state index in [0.29, 0.717) is 12.6 Å². The first-order chi connectivity index (χ1) is 7.79. The fourth-order valence-corrected chi connectivity index (χ4v) is 2.23. The van der Waals surface area contributed by atoms with Gasteiger partial charge in [-0.25, -0.2) is 0 Å². The van der Waals surface area contributed by atoms with Gasteiger partial charge in [0.1, 0.15) is 0 Å². The molecule has 2 heterocycles. The second kappa shape index (κ2) is 5.27. The largest absolute Gasteiger partial charge is 0.381 e. The molecule has 0 spiro atoms. The van der Waals surface area contributed by atoms with E-state index in [1.807, 2.05) is 18.5 Å². The minimum Gasteiger partial charge on any atom is -0.381 e. The Balaban J connectivity index is 2.02. The summed E-state index contributed by atoms with van der Waals surface area (Å²) >= 11 is 0. The van der Waals surface area contributed by atoms with Gasteiger partial charge in [0, 0.05) is 42.8 Å². The fraction of sp³-hybridized carbons (Fsp3) is 0.583. The molecular weight excluding hydrogens is 200 g/mol. The Labute approximate surface area is 96.8 Å². The van der Waals surface area contributed by atoms with Gasteiger partial charge in [0.15, 0.2) is 0 Å². The SMILES string of the molecule is CN1CCCC(Nc2ccncc2CN)C1. The number of hydrogen-bond donors (Lipinski definition) is 2. The van der Waals surface area contributed by atoms with E-state index in [-0.39, 0.29) is 0 Å². The number of anilines is 1. The first-order valence-electron chi connectivity index (χ1n) is 5.87. The third kappa shape index (κ3) is 2.71. The summed E-state index contributed by atoms with van der Waals surface area (Å²) in [5, 5.41) is 3.57. The van der Waals surface area contributed by atoms with Gasteiger partial charge < -0.3 is 16.0 Å². The molecule has 4 nitrogen and oxygen atoms in total. The molecule has 0 aromatic carbocycles. The first-order valence-corrected chi connectivity index (χ1v) is 5.87. The van der Waals surface area contributed by atoms with Crippen LogP contribution >= 0.6 is 0 Å². The second-order valence-corrected chi connectivity index (χ2v) is 4.48. The first kappa shape index (κ1) is 11.4. The molecule has 1 fully saturated rings. The van der Waals surface area contributed by atoms with E-state index in [0.717, 1.165) is 17.8 Å². The molecule has 4 heteroatoms. The molecule has 0 radical (unpaired) electrons. The van der Waals surface area contributed by atoms with Crippen molar-refractivity contribution in [1.82, 2.24) is 9.88 Å². The summed E-state index contributed by atoms with van der Waals surface area (Å²) in [7, 11) is 2.17. The van der Waals surface area contributed by atoms with Crippen molar-refractivity contribution in [2.24, 2.45) is 5.73 Å². The minimum atomic E-state index is 0.534. The van der Waals surface area contributed by atoms with Crippen molar-refractivity contribution in [2.45, 2.75) is 25.4 Å². The Hall–Kier alpha value is -1.13. The van der Waals surface area contributed by atoms with Gasteiger partial charge in [-0.2, -0.15) is 0 Å². The molecule has 3 N–H and O–H groups in total. The van der Waals surface area contributed by atoms with Crippen molar-refractivity contribution in [3.8, 4) is 0 Å². The number of nitrogens with one attached hydrogen (secondary N) is 1. The van der Waals surface area contributed by atoms with Crippen molar-refractivity contribution in [3.05, 3.63) is 24.0 Å². The quantitative estimate of drug-likeness (QED) is 0.799. The van der Waals surface area contributed by atoms with Gasteiger partial charge in [-0.3, -0.25) is 4.98 Å². The van der Waals surface area contributed by atoms with Gasteiger partial charge >= 0.3 is 0 Å². The van der Waals surface area contributed by atoms with Crippen LogP contribution in [0.2, 0.25) is 0 Å². The number of rotatable bonds is 3. The Morgan fingerprint density at radius 2 is 2.50 bits per heavy atom. The Morgan fingerprint density at radius 1 is 1.62 bits per heavy atom. The molecule has 0 saturated carbocycles. The van der Waals surface area contributed by atoms with Crippen molar-refractivity contribution in [2.75, 3.05) is 25.5 Å². The highest BCUT2D eigenvalue weighted by Crippen LogP contribution is 2.18. The lowest BCUT2D eigenvalue weighted by Gasteiger charge is -2.31. The van der Waals surface area contributed by atoms with Gasteiger partial charge in [0.2, 0.25) is 0 Å². The Bertz CT molecular complexity index is 340. The summed E-state index contributed by atoms with van der Waals surface area (Å²) in [5.74, 6) is 0. The molecule has 1 aliphatic heterocycles. The van der Waals surface area contributed by atoms with Crippen LogP contribution in [-0.2, 0) is 6.54 Å². The number of piperidine rings is 1. The van der Waals surface area contributed by atoms with E-state index >= 15 is 0 Å². The van der Waals surface area contributed by atoms with E-state index in [1.165, 1.54) is 19.4 Å². The van der Waals surface area contributed by atoms with Gasteiger partial charge in [0.25, 0.3) is 0 Å². The molecule has 2 rings (SSSR count). The fourth-order valence-electron chi connectivity index (χ4n) is 2.23. The van der Waals surface area contributed by atoms with Crippen molar-refractivity contribution >= 4 is 5.69 Å². The highest BCUT2D eigenvalue weighted by molar-refractivity contribution is 5.50. The van der Waals surface area contributed by atoms with E-state index in [9.17, 15) is 0 Å². The lowest BCUT2D eigenvalue weighted by Crippen LogP contribution is -2.39. The number of likely N-dealkylation sites (tertiary alicyclic amines) is 1. The van der Waals surface area contributed by atoms with Crippen molar-refractivity contribution in [3.63, 3.8) is 0 Å². The monoisotopic (exact) mass is 220 g/mol. The third-order valence-electron chi connectivity index (χ3n) is 3.11. The van der Waals surface area contributed by atoms with E-state index < -0.39 is 0 Å². The second-order valence-electron chi connectivity index (χ2n) is 4.48. The predicted octanol–water partition coefficient (Wildman–Crippen LogP) is 1.05. The highest BCUT2D eigenvalue weighted by Gasteiger charge is 2.17. The van der Waals surface area contributed by atoms with Crippen LogP contribution in [-0.4, -0.2) is 36.1 Å². The topological polar surface area (TPSA) is 54.2 Å². The summed E-state index contributed by atoms with van der Waals surface area (Å²) in [4.78, 5) is 6.46. The number of likely N-dealkylation sites (N-methyl/N-ethyl adjacent to an activating group) is 1. The molecule has 1 aromatic rings. The lowest BCUT2D eigenvalue weighted by molar-refractivity contribution is 0.261. The van der Waals surface area contributed by atoms with Crippen LogP contribution in [0.25, 0.3) is 0 Å². The molecule has 1 atom stereocenters. The molecule has 0 amide bonds. The molecule has 1 unspecified atom stereocenters. The van der Waals surface area contributed by atoms with E-state index in [1.54, 1.807) is 0 Å². The molecule has 16 heavy (non-hydrogen) atoms. The van der Waals surface area contributed by atoms with Crippen LogP contribution < -0.4 is 11.1 Å². The molecule has 0 bridgehead atoms. The average Bonchev–Trinajstić information content (AvgIpc) is 2.30. The Kier molecular flexibility index (Phi) is 3.74. The predicted molar refractivity (Wildman–Crippen MR) is 66.3 cm³/mol. The van der Waals surface area contributed by atoms with E-state index in [2.05, 4.69) is 22.2 Å². The van der Waals surface area contributed by atoms with Gasteiger partial charge in [-0.05, 0) is 32.5 Å². The van der Waals surface area contributed by atoms with E-state index in [4.69, 9.17) is 5.73 Å². The van der Waals surface area contributed by atoms with Crippen LogP contribution in [0.15, 0.2) is 18.5 Å². The number of nitrogens with zero attached hydrogens (tertiary/aromatic N) is 2. The summed E-state index contributed by atoms with van der Waals surface area (Å²) in [6, 6.07) is 2.54. The number of hydrogen-bond acceptors (Lipinski definition) is 4. The molecule has 0 aliphatic carbocycles. The minimum absolute atomic E-state index is 0.534. The summed E-state index contributed by atoms with van der Waals surface area (Å²) < 4.78 is 0. The van der Waals surface area contributed by atoms with Crippen LogP contribution in [0.5, 0.6) is 0 Å². The maximum atomic E-state index is 5.69. The number of pyridine rings is 1. The van der Waals surface area contributed by atoms with Crippen LogP contribution in [0, 0.1) is 0 Å². The average molecular weight is 220 g/mol. The zero-order valence-corrected chi connectivity index (χ0v) is 9.82. The summed E-state index contributed by atoms with van der Waals surface area (Å²) in [6.07, 6.45) is 6.15. The molecular formula is C12H20N4. The van der Waals surface area contributed by atoms with Crippen molar-refractivity contribution < 1.29 is 0 Å². The smallest absolute Gasteiger partial charge is 0.0419 e. The molecule has 1 saturated heterocycles. The van der Waals surface area contributed by atoms with Crippen LogP contribution in [0.3, 0.4) is 0 Å². The molecule has 1 aliphatic rings. The van der Waals surface area contributed by atoms with Crippen molar-refractivity contribution in [1.29, 1.82) is 0 Å². The third-order valence-corrected chi connectivity index (χ3v) is 3.11. The normalized spacial score (nSPS) is 22.0. The zero-order chi connectivity index (χ0) is 11.4. The van der Waals surface area contributed by atoms with Gasteiger partial charge in [-0.15, -0.1) is 0 Å². The standard InChI is InChI=1S/C12H20N4/c1-16-6-2-3-11(9-16)15-12-4-5-14-8-10(12)7-13/h4-5,8,11H,2-3,6-7,9,13H2,1H3,(H,14,15). The van der Waals surface area contributed by atoms with Gasteiger partial charge in [0.05, 0.1) is 0 Å². The summed E-state index contributed by atoms with van der Waals surface area (Å²) in [5.41, 5.74) is 7.92. The van der Waals surface area contributed by atoms with Gasteiger partial charge in [-0.1, -0.05) is 0 Å². The molecule has 1 aromatic heterocycles. The Morgan fingerprint density at radius 3 is 3.25 bits per heavy atom.